The highest BCUT2D eigenvalue weighted by Gasteiger charge is 2.09. The standard InChI is InChI=1S/C16H20N2O/c1-4-16(19)14-10-9-13(11-17-14)18(3)15-8-6-5-7-12(15)2/h5-11,16,19H,4H2,1-3H3/t16-/m0/s1. The molecule has 1 aromatic heterocycles. The highest BCUT2D eigenvalue weighted by molar-refractivity contribution is 5.64. The van der Waals surface area contributed by atoms with Crippen molar-refractivity contribution in [3.63, 3.8) is 0 Å². The Labute approximate surface area is 114 Å². The Bertz CT molecular complexity index is 537. The van der Waals surface area contributed by atoms with Gasteiger partial charge >= 0.3 is 0 Å². The average Bonchev–Trinajstić information content (AvgIpc) is 2.46. The van der Waals surface area contributed by atoms with Crippen molar-refractivity contribution >= 4 is 11.4 Å². The lowest BCUT2D eigenvalue weighted by Gasteiger charge is -2.21. The van der Waals surface area contributed by atoms with Crippen LogP contribution in [0.3, 0.4) is 0 Å². The van der Waals surface area contributed by atoms with Crippen LogP contribution in [0, 0.1) is 6.92 Å². The van der Waals surface area contributed by atoms with E-state index in [4.69, 9.17) is 0 Å². The summed E-state index contributed by atoms with van der Waals surface area (Å²) in [7, 11) is 2.02. The molecule has 0 spiro atoms. The molecule has 19 heavy (non-hydrogen) atoms. The highest BCUT2D eigenvalue weighted by Crippen LogP contribution is 2.26. The number of aliphatic hydroxyl groups is 1. The summed E-state index contributed by atoms with van der Waals surface area (Å²) < 4.78 is 0. The molecule has 0 aliphatic rings. The Morgan fingerprint density at radius 2 is 1.95 bits per heavy atom. The van der Waals surface area contributed by atoms with Crippen LogP contribution < -0.4 is 4.90 Å². The molecule has 0 amide bonds. The van der Waals surface area contributed by atoms with Crippen molar-refractivity contribution in [2.75, 3.05) is 11.9 Å². The summed E-state index contributed by atoms with van der Waals surface area (Å²) in [6.45, 7) is 4.04. The van der Waals surface area contributed by atoms with Crippen LogP contribution in [0.15, 0.2) is 42.6 Å². The van der Waals surface area contributed by atoms with E-state index >= 15 is 0 Å². The molecule has 0 fully saturated rings. The molecule has 100 valence electrons. The topological polar surface area (TPSA) is 36.4 Å². The SMILES string of the molecule is CC[C@H](O)c1ccc(N(C)c2ccccc2C)cn1. The van der Waals surface area contributed by atoms with Crippen LogP contribution in [0.1, 0.15) is 30.7 Å². The van der Waals surface area contributed by atoms with E-state index in [1.165, 1.54) is 5.56 Å². The number of aliphatic hydroxyl groups excluding tert-OH is 1. The smallest absolute Gasteiger partial charge is 0.0957 e. The van der Waals surface area contributed by atoms with Gasteiger partial charge in [-0.2, -0.15) is 0 Å². The predicted molar refractivity (Wildman–Crippen MR) is 78.7 cm³/mol. The number of pyridine rings is 1. The first-order chi connectivity index (χ1) is 9.13. The summed E-state index contributed by atoms with van der Waals surface area (Å²) in [4.78, 5) is 6.44. The fourth-order valence-electron chi connectivity index (χ4n) is 2.08. The zero-order valence-electron chi connectivity index (χ0n) is 11.7. The maximum absolute atomic E-state index is 9.74. The highest BCUT2D eigenvalue weighted by atomic mass is 16.3. The number of benzene rings is 1. The third kappa shape index (κ3) is 2.93. The van der Waals surface area contributed by atoms with Gasteiger partial charge in [0, 0.05) is 12.7 Å². The van der Waals surface area contributed by atoms with Gasteiger partial charge in [-0.3, -0.25) is 4.98 Å². The minimum Gasteiger partial charge on any atom is -0.387 e. The van der Waals surface area contributed by atoms with Gasteiger partial charge in [-0.25, -0.2) is 0 Å². The first-order valence-electron chi connectivity index (χ1n) is 6.57. The fraction of sp³-hybridized carbons (Fsp3) is 0.312. The van der Waals surface area contributed by atoms with E-state index in [0.717, 1.165) is 17.1 Å². The summed E-state index contributed by atoms with van der Waals surface area (Å²) in [5.41, 5.74) is 4.13. The summed E-state index contributed by atoms with van der Waals surface area (Å²) in [5.74, 6) is 0. The van der Waals surface area contributed by atoms with Crippen LogP contribution in [0.2, 0.25) is 0 Å². The number of aryl methyl sites for hydroxylation is 1. The van der Waals surface area contributed by atoms with Crippen LogP contribution >= 0.6 is 0 Å². The van der Waals surface area contributed by atoms with E-state index in [2.05, 4.69) is 28.9 Å². The molecule has 2 aromatic rings. The number of hydrogen-bond acceptors (Lipinski definition) is 3. The summed E-state index contributed by atoms with van der Waals surface area (Å²) in [6, 6.07) is 12.1. The molecule has 0 radical (unpaired) electrons. The molecule has 0 aliphatic heterocycles. The number of aromatic nitrogens is 1. The van der Waals surface area contributed by atoms with Crippen molar-refractivity contribution in [2.24, 2.45) is 0 Å². The molecule has 1 N–H and O–H groups in total. The van der Waals surface area contributed by atoms with Gasteiger partial charge in [-0.15, -0.1) is 0 Å². The molecule has 3 heteroatoms. The number of para-hydroxylation sites is 1. The predicted octanol–water partition coefficient (Wildman–Crippen LogP) is 3.60. The van der Waals surface area contributed by atoms with Gasteiger partial charge in [-0.1, -0.05) is 25.1 Å². The lowest BCUT2D eigenvalue weighted by atomic mass is 10.1. The maximum atomic E-state index is 9.74. The van der Waals surface area contributed by atoms with Crippen LogP contribution in [0.25, 0.3) is 0 Å². The molecule has 1 heterocycles. The molecule has 0 saturated carbocycles. The first-order valence-corrected chi connectivity index (χ1v) is 6.57. The third-order valence-corrected chi connectivity index (χ3v) is 3.36. The van der Waals surface area contributed by atoms with Gasteiger partial charge < -0.3 is 10.0 Å². The van der Waals surface area contributed by atoms with E-state index in [1.54, 1.807) is 6.20 Å². The molecular formula is C16H20N2O. The van der Waals surface area contributed by atoms with Gasteiger partial charge in [0.15, 0.2) is 0 Å². The van der Waals surface area contributed by atoms with Crippen molar-refractivity contribution in [1.82, 2.24) is 4.98 Å². The van der Waals surface area contributed by atoms with Crippen LogP contribution in [0.5, 0.6) is 0 Å². The van der Waals surface area contributed by atoms with Crippen LogP contribution in [0.4, 0.5) is 11.4 Å². The van der Waals surface area contributed by atoms with Crippen molar-refractivity contribution < 1.29 is 5.11 Å². The van der Waals surface area contributed by atoms with Crippen molar-refractivity contribution in [3.05, 3.63) is 53.9 Å². The Hall–Kier alpha value is -1.87. The minimum absolute atomic E-state index is 0.474. The van der Waals surface area contributed by atoms with Crippen molar-refractivity contribution in [2.45, 2.75) is 26.4 Å². The number of nitrogens with zero attached hydrogens (tertiary/aromatic N) is 2. The summed E-state index contributed by atoms with van der Waals surface area (Å²) in [6.07, 6.45) is 2.01. The normalized spacial score (nSPS) is 12.2. The Kier molecular flexibility index (Phi) is 4.17. The molecular weight excluding hydrogens is 236 g/mol. The summed E-state index contributed by atoms with van der Waals surface area (Å²) >= 11 is 0. The maximum Gasteiger partial charge on any atom is 0.0957 e. The second-order valence-corrected chi connectivity index (χ2v) is 4.71. The monoisotopic (exact) mass is 256 g/mol. The molecule has 1 atom stereocenters. The van der Waals surface area contributed by atoms with Crippen LogP contribution in [-0.4, -0.2) is 17.1 Å². The Morgan fingerprint density at radius 1 is 1.21 bits per heavy atom. The molecule has 0 aliphatic carbocycles. The van der Waals surface area contributed by atoms with Gasteiger partial charge in [0.05, 0.1) is 23.7 Å². The summed E-state index contributed by atoms with van der Waals surface area (Å²) in [5, 5.41) is 9.74. The fourth-order valence-corrected chi connectivity index (χ4v) is 2.08. The largest absolute Gasteiger partial charge is 0.387 e. The van der Waals surface area contributed by atoms with Crippen molar-refractivity contribution in [3.8, 4) is 0 Å². The lowest BCUT2D eigenvalue weighted by Crippen LogP contribution is -2.11. The van der Waals surface area contributed by atoms with Gasteiger partial charge in [-0.05, 0) is 37.1 Å². The van der Waals surface area contributed by atoms with Gasteiger partial charge in [0.25, 0.3) is 0 Å². The second-order valence-electron chi connectivity index (χ2n) is 4.71. The molecule has 0 saturated heterocycles. The zero-order valence-corrected chi connectivity index (χ0v) is 11.7. The van der Waals surface area contributed by atoms with Crippen molar-refractivity contribution in [1.29, 1.82) is 0 Å². The van der Waals surface area contributed by atoms with Gasteiger partial charge in [0.1, 0.15) is 0 Å². The minimum atomic E-state index is -0.474. The molecule has 0 unspecified atom stereocenters. The molecule has 3 nitrogen and oxygen atoms in total. The first kappa shape index (κ1) is 13.6. The average molecular weight is 256 g/mol. The van der Waals surface area contributed by atoms with E-state index in [-0.39, 0.29) is 0 Å². The zero-order chi connectivity index (χ0) is 13.8. The number of anilines is 2. The van der Waals surface area contributed by atoms with Gasteiger partial charge in [0.2, 0.25) is 0 Å². The van der Waals surface area contributed by atoms with Crippen LogP contribution in [-0.2, 0) is 0 Å². The molecule has 2 rings (SSSR count). The quantitative estimate of drug-likeness (QED) is 0.908. The number of rotatable bonds is 4. The van der Waals surface area contributed by atoms with E-state index in [9.17, 15) is 5.11 Å². The molecule has 0 bridgehead atoms. The Balaban J connectivity index is 2.25. The van der Waals surface area contributed by atoms with E-state index < -0.39 is 6.10 Å². The third-order valence-electron chi connectivity index (χ3n) is 3.36. The Morgan fingerprint density at radius 3 is 2.53 bits per heavy atom. The molecule has 1 aromatic carbocycles. The second kappa shape index (κ2) is 5.85. The van der Waals surface area contributed by atoms with E-state index in [1.807, 2.05) is 38.2 Å². The lowest BCUT2D eigenvalue weighted by molar-refractivity contribution is 0.169. The van der Waals surface area contributed by atoms with E-state index in [0.29, 0.717) is 6.42 Å². The number of hydrogen-bond donors (Lipinski definition) is 1.